The van der Waals surface area contributed by atoms with Crippen LogP contribution in [0, 0.1) is 0 Å². The van der Waals surface area contributed by atoms with Crippen LogP contribution in [0.15, 0.2) is 47.0 Å². The molecule has 0 saturated carbocycles. The fraction of sp³-hybridized carbons (Fsp3) is 0.154. The molecule has 1 nitrogen and oxygen atoms in total. The molecule has 0 spiro atoms. The summed E-state index contributed by atoms with van der Waals surface area (Å²) in [7, 11) is 0. The van der Waals surface area contributed by atoms with Crippen LogP contribution in [-0.2, 0) is 6.42 Å². The van der Waals surface area contributed by atoms with Crippen molar-refractivity contribution in [3.63, 3.8) is 0 Å². The molecule has 0 fully saturated rings. The van der Waals surface area contributed by atoms with Crippen LogP contribution in [0.1, 0.15) is 12.6 Å². The van der Waals surface area contributed by atoms with Crippen molar-refractivity contribution in [1.29, 1.82) is 0 Å². The molecule has 0 aliphatic rings. The third kappa shape index (κ3) is 2.26. The smallest absolute Gasteiger partial charge is 0.0706 e. The molecule has 1 aromatic heterocycles. The van der Waals surface area contributed by atoms with E-state index in [1.165, 1.54) is 0 Å². The van der Waals surface area contributed by atoms with Crippen LogP contribution in [0.3, 0.4) is 0 Å². The zero-order valence-electron chi connectivity index (χ0n) is 8.63. The van der Waals surface area contributed by atoms with Crippen LogP contribution < -0.4 is 0 Å². The van der Waals surface area contributed by atoms with Gasteiger partial charge in [-0.05, 0) is 35.0 Å². The molecule has 0 bridgehead atoms. The molecule has 0 saturated heterocycles. The third-order valence-corrected chi connectivity index (χ3v) is 2.91. The largest absolute Gasteiger partial charge is 0.251 e. The second kappa shape index (κ2) is 4.15. The van der Waals surface area contributed by atoms with Crippen molar-refractivity contribution >= 4 is 26.8 Å². The van der Waals surface area contributed by atoms with E-state index in [4.69, 9.17) is 0 Å². The summed E-state index contributed by atoms with van der Waals surface area (Å²) in [6.07, 6.45) is 0.825. The molecule has 2 rings (SSSR count). The summed E-state index contributed by atoms with van der Waals surface area (Å²) in [5, 5.41) is 1.16. The van der Waals surface area contributed by atoms with Crippen molar-refractivity contribution in [2.75, 3.05) is 0 Å². The molecule has 2 aromatic rings. The Kier molecular flexibility index (Phi) is 2.87. The topological polar surface area (TPSA) is 12.9 Å². The number of allylic oxidation sites excluding steroid dienone is 1. The Labute approximate surface area is 98.0 Å². The number of benzene rings is 1. The minimum Gasteiger partial charge on any atom is -0.251 e. The van der Waals surface area contributed by atoms with E-state index in [0.717, 1.165) is 33.1 Å². The predicted octanol–water partition coefficient (Wildman–Crippen LogP) is 4.12. The Balaban J connectivity index is 2.56. The summed E-state index contributed by atoms with van der Waals surface area (Å²) < 4.78 is 1.06. The molecular formula is C13H12BrN. The number of pyridine rings is 1. The second-order valence-electron chi connectivity index (χ2n) is 3.74. The average molecular weight is 262 g/mol. The lowest BCUT2D eigenvalue weighted by atomic mass is 10.1. The van der Waals surface area contributed by atoms with E-state index >= 15 is 0 Å². The van der Waals surface area contributed by atoms with Gasteiger partial charge in [0.05, 0.1) is 11.2 Å². The van der Waals surface area contributed by atoms with Crippen LogP contribution >= 0.6 is 15.9 Å². The molecular weight excluding hydrogens is 250 g/mol. The summed E-state index contributed by atoms with van der Waals surface area (Å²) in [4.78, 5) is 4.61. The van der Waals surface area contributed by atoms with Gasteiger partial charge in [-0.3, -0.25) is 4.98 Å². The van der Waals surface area contributed by atoms with Gasteiger partial charge < -0.3 is 0 Å². The summed E-state index contributed by atoms with van der Waals surface area (Å²) in [5.41, 5.74) is 3.22. The maximum atomic E-state index is 4.61. The summed E-state index contributed by atoms with van der Waals surface area (Å²) in [6, 6.07) is 10.2. The van der Waals surface area contributed by atoms with Gasteiger partial charge in [-0.25, -0.2) is 0 Å². The van der Waals surface area contributed by atoms with Crippen molar-refractivity contribution in [3.8, 4) is 0 Å². The lowest BCUT2D eigenvalue weighted by Gasteiger charge is -2.05. The van der Waals surface area contributed by atoms with Gasteiger partial charge in [-0.1, -0.05) is 30.4 Å². The zero-order chi connectivity index (χ0) is 10.8. The van der Waals surface area contributed by atoms with E-state index in [2.05, 4.69) is 39.6 Å². The normalized spacial score (nSPS) is 10.5. The lowest BCUT2D eigenvalue weighted by Crippen LogP contribution is -1.93. The first-order valence-corrected chi connectivity index (χ1v) is 5.64. The van der Waals surface area contributed by atoms with Gasteiger partial charge in [0.2, 0.25) is 0 Å². The number of nitrogens with zero attached hydrogens (tertiary/aromatic N) is 1. The first-order chi connectivity index (χ1) is 7.16. The highest BCUT2D eigenvalue weighted by Gasteiger charge is 2.04. The van der Waals surface area contributed by atoms with E-state index < -0.39 is 0 Å². The first-order valence-electron chi connectivity index (χ1n) is 4.85. The van der Waals surface area contributed by atoms with Gasteiger partial charge in [0.1, 0.15) is 0 Å². The Bertz CT molecular complexity index is 517. The molecule has 1 aromatic carbocycles. The number of hydrogen-bond donors (Lipinski definition) is 0. The van der Waals surface area contributed by atoms with E-state index in [1.807, 2.05) is 25.1 Å². The molecule has 0 aliphatic heterocycles. The van der Waals surface area contributed by atoms with Crippen molar-refractivity contribution < 1.29 is 0 Å². The molecule has 1 heterocycles. The second-order valence-corrected chi connectivity index (χ2v) is 4.60. The van der Waals surface area contributed by atoms with Gasteiger partial charge in [-0.2, -0.15) is 0 Å². The van der Waals surface area contributed by atoms with E-state index in [0.29, 0.717) is 0 Å². The zero-order valence-corrected chi connectivity index (χ0v) is 10.2. The molecule has 0 aliphatic carbocycles. The highest BCUT2D eigenvalue weighted by atomic mass is 79.9. The van der Waals surface area contributed by atoms with Crippen LogP contribution in [-0.4, -0.2) is 4.98 Å². The van der Waals surface area contributed by atoms with Gasteiger partial charge in [0, 0.05) is 16.3 Å². The first kappa shape index (κ1) is 10.4. The molecule has 0 amide bonds. The third-order valence-electron chi connectivity index (χ3n) is 2.22. The minimum atomic E-state index is 0.825. The number of rotatable bonds is 2. The molecule has 2 heteroatoms. The van der Waals surface area contributed by atoms with Crippen molar-refractivity contribution in [3.05, 3.63) is 52.7 Å². The standard InChI is InChI=1S/C13H12BrN/c1-9(2)7-13-11(14)8-10-5-3-4-6-12(10)15-13/h3-6,8H,1,7H2,2H3. The summed E-state index contributed by atoms with van der Waals surface area (Å²) in [5.74, 6) is 0. The lowest BCUT2D eigenvalue weighted by molar-refractivity contribution is 1.06. The van der Waals surface area contributed by atoms with Crippen molar-refractivity contribution in [2.45, 2.75) is 13.3 Å². The monoisotopic (exact) mass is 261 g/mol. The maximum Gasteiger partial charge on any atom is 0.0706 e. The number of hydrogen-bond acceptors (Lipinski definition) is 1. The van der Waals surface area contributed by atoms with Crippen LogP contribution in [0.2, 0.25) is 0 Å². The Morgan fingerprint density at radius 2 is 2.13 bits per heavy atom. The molecule has 15 heavy (non-hydrogen) atoms. The average Bonchev–Trinajstić information content (AvgIpc) is 2.18. The van der Waals surface area contributed by atoms with Crippen molar-refractivity contribution in [1.82, 2.24) is 4.98 Å². The van der Waals surface area contributed by atoms with Crippen LogP contribution in [0.5, 0.6) is 0 Å². The maximum absolute atomic E-state index is 4.61. The molecule has 0 radical (unpaired) electrons. The Morgan fingerprint density at radius 1 is 1.40 bits per heavy atom. The number of fused-ring (bicyclic) bond motifs is 1. The highest BCUT2D eigenvalue weighted by Crippen LogP contribution is 2.22. The van der Waals surface area contributed by atoms with Crippen LogP contribution in [0.25, 0.3) is 10.9 Å². The predicted molar refractivity (Wildman–Crippen MR) is 68.0 cm³/mol. The number of halogens is 1. The van der Waals surface area contributed by atoms with Gasteiger partial charge in [-0.15, -0.1) is 0 Å². The van der Waals surface area contributed by atoms with Gasteiger partial charge in [0.15, 0.2) is 0 Å². The van der Waals surface area contributed by atoms with Gasteiger partial charge in [0.25, 0.3) is 0 Å². The molecule has 0 N–H and O–H groups in total. The van der Waals surface area contributed by atoms with E-state index in [-0.39, 0.29) is 0 Å². The van der Waals surface area contributed by atoms with E-state index in [9.17, 15) is 0 Å². The Morgan fingerprint density at radius 3 is 2.87 bits per heavy atom. The van der Waals surface area contributed by atoms with E-state index in [1.54, 1.807) is 0 Å². The Hall–Kier alpha value is -1.15. The SMILES string of the molecule is C=C(C)Cc1nc2ccccc2cc1Br. The van der Waals surface area contributed by atoms with Crippen LogP contribution in [0.4, 0.5) is 0 Å². The van der Waals surface area contributed by atoms with Crippen molar-refractivity contribution in [2.24, 2.45) is 0 Å². The molecule has 76 valence electrons. The fourth-order valence-electron chi connectivity index (χ4n) is 1.54. The summed E-state index contributed by atoms with van der Waals surface area (Å²) >= 11 is 3.54. The molecule has 0 unspecified atom stereocenters. The minimum absolute atomic E-state index is 0.825. The fourth-order valence-corrected chi connectivity index (χ4v) is 2.02. The number of aromatic nitrogens is 1. The number of para-hydroxylation sites is 1. The summed E-state index contributed by atoms with van der Waals surface area (Å²) in [6.45, 7) is 5.93. The quantitative estimate of drug-likeness (QED) is 0.742. The molecule has 0 atom stereocenters. The van der Waals surface area contributed by atoms with Gasteiger partial charge >= 0.3 is 0 Å². The highest BCUT2D eigenvalue weighted by molar-refractivity contribution is 9.10.